The number of halogens is 1. The zero-order chi connectivity index (χ0) is 13.0. The van der Waals surface area contributed by atoms with E-state index in [-0.39, 0.29) is 17.8 Å². The first kappa shape index (κ1) is 12.2. The summed E-state index contributed by atoms with van der Waals surface area (Å²) in [6.07, 6.45) is 3.35. The number of nitrogens with zero attached hydrogens (tertiary/aromatic N) is 1. The molecule has 2 rings (SSSR count). The third kappa shape index (κ3) is 2.91. The Morgan fingerprint density at radius 2 is 1.94 bits per heavy atom. The summed E-state index contributed by atoms with van der Waals surface area (Å²) in [6, 6.07) is 9.43. The van der Waals surface area contributed by atoms with Crippen molar-refractivity contribution in [2.24, 2.45) is 0 Å². The number of rotatable bonds is 3. The maximum absolute atomic E-state index is 12.9. The normalized spacial score (nSPS) is 11.9. The molecule has 0 unspecified atom stereocenters. The largest absolute Gasteiger partial charge is 0.345 e. The Balaban J connectivity index is 2.36. The number of benzene rings is 1. The lowest BCUT2D eigenvalue weighted by Crippen LogP contribution is -2.26. The van der Waals surface area contributed by atoms with Crippen molar-refractivity contribution < 1.29 is 9.18 Å². The van der Waals surface area contributed by atoms with E-state index in [0.717, 1.165) is 11.1 Å². The molecule has 0 bridgehead atoms. The summed E-state index contributed by atoms with van der Waals surface area (Å²) in [4.78, 5) is 15.3. The summed E-state index contributed by atoms with van der Waals surface area (Å²) in [5, 5.41) is 2.83. The second-order valence-electron chi connectivity index (χ2n) is 3.97. The van der Waals surface area contributed by atoms with Crippen molar-refractivity contribution in [1.29, 1.82) is 0 Å². The Morgan fingerprint density at radius 3 is 2.50 bits per heavy atom. The minimum Gasteiger partial charge on any atom is -0.345 e. The van der Waals surface area contributed by atoms with E-state index in [1.165, 1.54) is 19.1 Å². The van der Waals surface area contributed by atoms with E-state index in [1.54, 1.807) is 30.6 Å². The van der Waals surface area contributed by atoms with E-state index in [9.17, 15) is 9.18 Å². The van der Waals surface area contributed by atoms with Crippen molar-refractivity contribution in [3.63, 3.8) is 0 Å². The van der Waals surface area contributed by atoms with Gasteiger partial charge < -0.3 is 5.32 Å². The molecule has 0 aliphatic rings. The van der Waals surface area contributed by atoms with E-state index in [1.807, 2.05) is 6.07 Å². The van der Waals surface area contributed by atoms with Crippen LogP contribution >= 0.6 is 0 Å². The average Bonchev–Trinajstić information content (AvgIpc) is 2.38. The SMILES string of the molecule is CC(=O)N[C@@H](c1ccc(F)cc1)c1cccnc1. The van der Waals surface area contributed by atoms with Gasteiger partial charge in [-0.1, -0.05) is 18.2 Å². The van der Waals surface area contributed by atoms with Gasteiger partial charge in [0.15, 0.2) is 0 Å². The quantitative estimate of drug-likeness (QED) is 0.901. The van der Waals surface area contributed by atoms with Crippen LogP contribution in [0.5, 0.6) is 0 Å². The fourth-order valence-corrected chi connectivity index (χ4v) is 1.76. The number of pyridine rings is 1. The average molecular weight is 244 g/mol. The van der Waals surface area contributed by atoms with Gasteiger partial charge in [-0.3, -0.25) is 9.78 Å². The molecule has 1 atom stereocenters. The first-order valence-corrected chi connectivity index (χ1v) is 5.59. The van der Waals surface area contributed by atoms with Crippen LogP contribution in [-0.2, 0) is 4.79 Å². The molecule has 2 aromatic rings. The van der Waals surface area contributed by atoms with Crippen LogP contribution in [0, 0.1) is 5.82 Å². The van der Waals surface area contributed by atoms with Crippen molar-refractivity contribution >= 4 is 5.91 Å². The van der Waals surface area contributed by atoms with Gasteiger partial charge in [-0.15, -0.1) is 0 Å². The number of nitrogens with one attached hydrogen (secondary N) is 1. The summed E-state index contributed by atoms with van der Waals surface area (Å²) in [7, 11) is 0. The Kier molecular flexibility index (Phi) is 3.67. The number of aromatic nitrogens is 1. The third-order valence-corrected chi connectivity index (χ3v) is 2.57. The maximum Gasteiger partial charge on any atom is 0.217 e. The van der Waals surface area contributed by atoms with Gasteiger partial charge in [0, 0.05) is 19.3 Å². The van der Waals surface area contributed by atoms with Crippen LogP contribution in [0.3, 0.4) is 0 Å². The zero-order valence-corrected chi connectivity index (χ0v) is 9.93. The monoisotopic (exact) mass is 244 g/mol. The molecule has 1 N–H and O–H groups in total. The Bertz CT molecular complexity index is 525. The zero-order valence-electron chi connectivity index (χ0n) is 9.93. The van der Waals surface area contributed by atoms with Gasteiger partial charge in [0.1, 0.15) is 5.82 Å². The molecule has 1 heterocycles. The topological polar surface area (TPSA) is 42.0 Å². The number of carbonyl (C=O) groups excluding carboxylic acids is 1. The van der Waals surface area contributed by atoms with Crippen LogP contribution in [0.2, 0.25) is 0 Å². The van der Waals surface area contributed by atoms with Gasteiger partial charge in [-0.2, -0.15) is 0 Å². The molecule has 0 saturated carbocycles. The lowest BCUT2D eigenvalue weighted by molar-refractivity contribution is -0.119. The van der Waals surface area contributed by atoms with Gasteiger partial charge in [0.25, 0.3) is 0 Å². The summed E-state index contributed by atoms with van der Waals surface area (Å²) < 4.78 is 12.9. The molecule has 92 valence electrons. The standard InChI is InChI=1S/C14H13FN2O/c1-10(18)17-14(12-3-2-8-16-9-12)11-4-6-13(15)7-5-11/h2-9,14H,1H3,(H,17,18)/t14-/m0/s1. The van der Waals surface area contributed by atoms with Crippen LogP contribution in [-0.4, -0.2) is 10.9 Å². The highest BCUT2D eigenvalue weighted by molar-refractivity contribution is 5.74. The molecule has 0 aliphatic carbocycles. The number of carbonyl (C=O) groups is 1. The number of hydrogen-bond donors (Lipinski definition) is 1. The summed E-state index contributed by atoms with van der Waals surface area (Å²) in [5.41, 5.74) is 1.68. The molecule has 0 fully saturated rings. The number of amides is 1. The molecule has 0 radical (unpaired) electrons. The van der Waals surface area contributed by atoms with Crippen molar-refractivity contribution in [1.82, 2.24) is 10.3 Å². The molecule has 3 nitrogen and oxygen atoms in total. The minimum absolute atomic E-state index is 0.145. The first-order valence-electron chi connectivity index (χ1n) is 5.59. The highest BCUT2D eigenvalue weighted by Crippen LogP contribution is 2.21. The molecule has 0 spiro atoms. The molecule has 18 heavy (non-hydrogen) atoms. The summed E-state index contributed by atoms with van der Waals surface area (Å²) in [6.45, 7) is 1.45. The van der Waals surface area contributed by atoms with Crippen LogP contribution in [0.15, 0.2) is 48.8 Å². The first-order chi connectivity index (χ1) is 8.66. The molecule has 4 heteroatoms. The Labute approximate surface area is 105 Å². The van der Waals surface area contributed by atoms with Gasteiger partial charge in [-0.25, -0.2) is 4.39 Å². The minimum atomic E-state index is -0.309. The maximum atomic E-state index is 12.9. The van der Waals surface area contributed by atoms with Gasteiger partial charge in [0.2, 0.25) is 5.91 Å². The predicted molar refractivity (Wildman–Crippen MR) is 66.3 cm³/mol. The molecular weight excluding hydrogens is 231 g/mol. The van der Waals surface area contributed by atoms with Crippen molar-refractivity contribution in [3.05, 3.63) is 65.7 Å². The summed E-state index contributed by atoms with van der Waals surface area (Å²) >= 11 is 0. The lowest BCUT2D eigenvalue weighted by atomic mass is 10.00. The fourth-order valence-electron chi connectivity index (χ4n) is 1.76. The lowest BCUT2D eigenvalue weighted by Gasteiger charge is -2.18. The van der Waals surface area contributed by atoms with E-state index < -0.39 is 0 Å². The van der Waals surface area contributed by atoms with Crippen LogP contribution in [0.1, 0.15) is 24.1 Å². The number of hydrogen-bond acceptors (Lipinski definition) is 2. The summed E-state index contributed by atoms with van der Waals surface area (Å²) in [5.74, 6) is -0.445. The van der Waals surface area contributed by atoms with Gasteiger partial charge in [0.05, 0.1) is 6.04 Å². The fraction of sp³-hybridized carbons (Fsp3) is 0.143. The Morgan fingerprint density at radius 1 is 1.22 bits per heavy atom. The molecule has 1 aromatic carbocycles. The third-order valence-electron chi connectivity index (χ3n) is 2.57. The van der Waals surface area contributed by atoms with Crippen molar-refractivity contribution in [3.8, 4) is 0 Å². The van der Waals surface area contributed by atoms with E-state index in [0.29, 0.717) is 0 Å². The van der Waals surface area contributed by atoms with Gasteiger partial charge >= 0.3 is 0 Å². The Hall–Kier alpha value is -2.23. The molecular formula is C14H13FN2O. The van der Waals surface area contributed by atoms with Crippen molar-refractivity contribution in [2.75, 3.05) is 0 Å². The van der Waals surface area contributed by atoms with Crippen LogP contribution in [0.4, 0.5) is 4.39 Å². The second-order valence-corrected chi connectivity index (χ2v) is 3.97. The highest BCUT2D eigenvalue weighted by Gasteiger charge is 2.15. The molecule has 1 aromatic heterocycles. The van der Waals surface area contributed by atoms with E-state index in [4.69, 9.17) is 0 Å². The smallest absolute Gasteiger partial charge is 0.217 e. The van der Waals surface area contributed by atoms with Gasteiger partial charge in [-0.05, 0) is 29.3 Å². The second kappa shape index (κ2) is 5.40. The predicted octanol–water partition coefficient (Wildman–Crippen LogP) is 2.45. The highest BCUT2D eigenvalue weighted by atomic mass is 19.1. The molecule has 0 aliphatic heterocycles. The molecule has 1 amide bonds. The molecule has 0 saturated heterocycles. The van der Waals surface area contributed by atoms with E-state index in [2.05, 4.69) is 10.3 Å². The van der Waals surface area contributed by atoms with Crippen molar-refractivity contribution in [2.45, 2.75) is 13.0 Å². The van der Waals surface area contributed by atoms with Crippen LogP contribution in [0.25, 0.3) is 0 Å². The van der Waals surface area contributed by atoms with E-state index >= 15 is 0 Å². The van der Waals surface area contributed by atoms with Crippen LogP contribution < -0.4 is 5.32 Å².